The summed E-state index contributed by atoms with van der Waals surface area (Å²) in [6.45, 7) is 16.6. The third-order valence-corrected chi connectivity index (χ3v) is 10.8. The lowest BCUT2D eigenvalue weighted by Gasteiger charge is -2.36. The number of carbonyl (C=O) groups is 2. The Morgan fingerprint density at radius 2 is 1.93 bits per heavy atom. The average Bonchev–Trinajstić information content (AvgIpc) is 2.96. The van der Waals surface area contributed by atoms with Gasteiger partial charge in [0.1, 0.15) is 6.10 Å². The number of hydrogen-bond donors (Lipinski definition) is 1. The second kappa shape index (κ2) is 9.45. The van der Waals surface area contributed by atoms with Crippen molar-refractivity contribution in [3.05, 3.63) is 48.6 Å². The normalized spacial score (nSPS) is 21.8. The average molecular weight is 434 g/mol. The minimum absolute atomic E-state index is 0.0623. The summed E-state index contributed by atoms with van der Waals surface area (Å²) in [5, 5.41) is 10.7. The molecule has 1 aromatic rings. The van der Waals surface area contributed by atoms with Crippen LogP contribution in [-0.4, -0.2) is 49.1 Å². The van der Waals surface area contributed by atoms with E-state index in [1.165, 1.54) is 6.08 Å². The zero-order chi connectivity index (χ0) is 22.7. The molecule has 4 atom stereocenters. The molecule has 1 aliphatic heterocycles. The van der Waals surface area contributed by atoms with Gasteiger partial charge in [0.15, 0.2) is 8.32 Å². The van der Waals surface area contributed by atoms with E-state index < -0.39 is 44.5 Å². The number of nitrogens with zero attached hydrogens (tertiary/aromatic N) is 1. The second-order valence-electron chi connectivity index (χ2n) is 9.39. The number of hydrogen-bond acceptors (Lipinski definition) is 5. The van der Waals surface area contributed by atoms with Gasteiger partial charge in [-0.3, -0.25) is 4.79 Å². The largest absolute Gasteiger partial charge is 0.439 e. The molecule has 2 amide bonds. The summed E-state index contributed by atoms with van der Waals surface area (Å²) in [7, 11) is -1.94. The van der Waals surface area contributed by atoms with Crippen LogP contribution in [-0.2, 0) is 14.0 Å². The maximum Gasteiger partial charge on any atom is 0.417 e. The Morgan fingerprint density at radius 1 is 1.33 bits per heavy atom. The Kier molecular flexibility index (Phi) is 7.66. The van der Waals surface area contributed by atoms with Crippen LogP contribution in [0.1, 0.15) is 45.8 Å². The molecule has 6 nitrogen and oxygen atoms in total. The van der Waals surface area contributed by atoms with Gasteiger partial charge in [0.05, 0.1) is 18.1 Å². The second-order valence-corrected chi connectivity index (χ2v) is 14.2. The van der Waals surface area contributed by atoms with E-state index in [0.29, 0.717) is 6.61 Å². The van der Waals surface area contributed by atoms with Crippen molar-refractivity contribution in [1.82, 2.24) is 4.90 Å². The summed E-state index contributed by atoms with van der Waals surface area (Å²) in [5.41, 5.74) is 0.826. The van der Waals surface area contributed by atoms with Gasteiger partial charge < -0.3 is 14.3 Å². The molecule has 30 heavy (non-hydrogen) atoms. The first-order chi connectivity index (χ1) is 13.9. The van der Waals surface area contributed by atoms with Crippen LogP contribution in [0, 0.1) is 5.92 Å². The molecule has 1 N–H and O–H groups in total. The van der Waals surface area contributed by atoms with Crippen molar-refractivity contribution >= 4 is 20.3 Å². The van der Waals surface area contributed by atoms with E-state index in [1.54, 1.807) is 6.92 Å². The smallest absolute Gasteiger partial charge is 0.417 e. The third-order valence-electron chi connectivity index (χ3n) is 6.27. The quantitative estimate of drug-likeness (QED) is 0.476. The molecule has 0 aliphatic carbocycles. The molecule has 1 aromatic carbocycles. The monoisotopic (exact) mass is 433 g/mol. The minimum atomic E-state index is -1.94. The molecule has 166 valence electrons. The Labute approximate surface area is 181 Å². The molecule has 0 aromatic heterocycles. The Morgan fingerprint density at radius 3 is 2.47 bits per heavy atom. The molecule has 1 fully saturated rings. The van der Waals surface area contributed by atoms with Crippen molar-refractivity contribution in [3.63, 3.8) is 0 Å². The molecule has 7 heteroatoms. The van der Waals surface area contributed by atoms with Crippen molar-refractivity contribution in [2.24, 2.45) is 5.92 Å². The molecular weight excluding hydrogens is 398 g/mol. The van der Waals surface area contributed by atoms with Gasteiger partial charge in [0.2, 0.25) is 5.91 Å². The molecule has 0 saturated carbocycles. The maximum absolute atomic E-state index is 13.1. The lowest BCUT2D eigenvalue weighted by atomic mass is 9.96. The van der Waals surface area contributed by atoms with Crippen LogP contribution in [0.3, 0.4) is 0 Å². The van der Waals surface area contributed by atoms with Crippen LogP contribution in [0.4, 0.5) is 4.79 Å². The van der Waals surface area contributed by atoms with E-state index in [9.17, 15) is 14.7 Å². The number of carbonyl (C=O) groups excluding carboxylic acids is 2. The van der Waals surface area contributed by atoms with E-state index in [1.807, 2.05) is 30.3 Å². The molecule has 0 radical (unpaired) electrons. The van der Waals surface area contributed by atoms with E-state index in [4.69, 9.17) is 9.16 Å². The number of imide groups is 1. The first kappa shape index (κ1) is 24.3. The molecule has 2 rings (SSSR count). The highest BCUT2D eigenvalue weighted by Gasteiger charge is 2.46. The van der Waals surface area contributed by atoms with Crippen LogP contribution < -0.4 is 0 Å². The van der Waals surface area contributed by atoms with Crippen LogP contribution >= 0.6 is 0 Å². The van der Waals surface area contributed by atoms with Crippen LogP contribution in [0.5, 0.6) is 0 Å². The highest BCUT2D eigenvalue weighted by atomic mass is 28.4. The van der Waals surface area contributed by atoms with E-state index in [-0.39, 0.29) is 11.5 Å². The maximum atomic E-state index is 13.1. The zero-order valence-electron chi connectivity index (χ0n) is 18.9. The molecule has 1 aliphatic rings. The third kappa shape index (κ3) is 5.20. The summed E-state index contributed by atoms with van der Waals surface area (Å²) < 4.78 is 11.6. The minimum Gasteiger partial charge on any atom is -0.439 e. The lowest BCUT2D eigenvalue weighted by molar-refractivity contribution is -0.135. The molecule has 0 spiro atoms. The van der Waals surface area contributed by atoms with Gasteiger partial charge in [-0.1, -0.05) is 57.2 Å². The predicted octanol–water partition coefficient (Wildman–Crippen LogP) is 4.67. The number of aliphatic hydroxyl groups is 1. The molecular formula is C23H35NO5Si. The van der Waals surface area contributed by atoms with Gasteiger partial charge in [-0.05, 0) is 37.0 Å². The van der Waals surface area contributed by atoms with E-state index >= 15 is 0 Å². The van der Waals surface area contributed by atoms with Gasteiger partial charge in [-0.2, -0.15) is 0 Å². The molecule has 1 saturated heterocycles. The van der Waals surface area contributed by atoms with Crippen molar-refractivity contribution in [2.45, 2.75) is 70.5 Å². The molecule has 0 unspecified atom stereocenters. The summed E-state index contributed by atoms with van der Waals surface area (Å²) in [6.07, 6.45) is -0.538. The van der Waals surface area contributed by atoms with Crippen molar-refractivity contribution in [3.8, 4) is 0 Å². The number of amides is 2. The van der Waals surface area contributed by atoms with Crippen LogP contribution in [0.15, 0.2) is 43.0 Å². The fourth-order valence-corrected chi connectivity index (χ4v) is 4.32. The number of benzene rings is 1. The highest BCUT2D eigenvalue weighted by molar-refractivity contribution is 6.74. The van der Waals surface area contributed by atoms with Crippen molar-refractivity contribution in [2.75, 3.05) is 6.61 Å². The number of rotatable bonds is 8. The number of ether oxygens (including phenoxy) is 1. The van der Waals surface area contributed by atoms with E-state index in [0.717, 1.165) is 10.5 Å². The Hall–Kier alpha value is -1.96. The summed E-state index contributed by atoms with van der Waals surface area (Å²) >= 11 is 0. The lowest BCUT2D eigenvalue weighted by Crippen LogP contribution is -2.45. The summed E-state index contributed by atoms with van der Waals surface area (Å²) in [4.78, 5) is 26.7. The first-order valence-corrected chi connectivity index (χ1v) is 13.3. The standard InChI is InChI=1S/C23H35NO5Si/c1-8-18(19(25)14-15-28-30(6,7)23(3,4)5)21(26)24-16(2)20(29-22(24)27)17-12-10-9-11-13-17/h8-13,16,18-20,25H,1,14-15H2,2-7H3/t16-,18-,19+,20-/m1/s1. The number of cyclic esters (lactones) is 1. The van der Waals surface area contributed by atoms with Crippen LogP contribution in [0.25, 0.3) is 0 Å². The summed E-state index contributed by atoms with van der Waals surface area (Å²) in [6, 6.07) is 8.84. The topological polar surface area (TPSA) is 76.1 Å². The van der Waals surface area contributed by atoms with Gasteiger partial charge in [-0.25, -0.2) is 9.69 Å². The Bertz CT molecular complexity index is 759. The number of aliphatic hydroxyl groups excluding tert-OH is 1. The van der Waals surface area contributed by atoms with Gasteiger partial charge in [0, 0.05) is 6.61 Å². The highest BCUT2D eigenvalue weighted by Crippen LogP contribution is 2.37. The molecule has 0 bridgehead atoms. The SMILES string of the molecule is C=C[C@@H](C(=O)N1C(=O)O[C@@H](c2ccccc2)[C@H]1C)[C@@H](O)CCO[Si](C)(C)C(C)(C)C. The van der Waals surface area contributed by atoms with E-state index in [2.05, 4.69) is 40.4 Å². The van der Waals surface area contributed by atoms with Gasteiger partial charge >= 0.3 is 6.09 Å². The van der Waals surface area contributed by atoms with Crippen molar-refractivity contribution < 1.29 is 23.9 Å². The zero-order valence-corrected chi connectivity index (χ0v) is 19.9. The van der Waals surface area contributed by atoms with Crippen molar-refractivity contribution in [1.29, 1.82) is 0 Å². The summed E-state index contributed by atoms with van der Waals surface area (Å²) in [5.74, 6) is -1.40. The fraction of sp³-hybridized carbons (Fsp3) is 0.565. The Balaban J connectivity index is 2.04. The first-order valence-electron chi connectivity index (χ1n) is 10.4. The van der Waals surface area contributed by atoms with Gasteiger partial charge in [-0.15, -0.1) is 6.58 Å². The predicted molar refractivity (Wildman–Crippen MR) is 119 cm³/mol. The van der Waals surface area contributed by atoms with Crippen LogP contribution in [0.2, 0.25) is 18.1 Å². The molecule has 1 heterocycles. The van der Waals surface area contributed by atoms with Gasteiger partial charge in [0.25, 0.3) is 0 Å². The fourth-order valence-electron chi connectivity index (χ4n) is 3.26.